The SMILES string of the molecule is Cl.Cl.O.c1ccc(CN2CCC(Nc3ccc4[nH]ncc4c3)CC2)cc1. The number of hydrogen-bond acceptors (Lipinski definition) is 3. The number of nitrogens with zero attached hydrogens (tertiary/aromatic N) is 2. The second-order valence-corrected chi connectivity index (χ2v) is 6.35. The fourth-order valence-electron chi connectivity index (χ4n) is 3.35. The van der Waals surface area contributed by atoms with E-state index in [9.17, 15) is 0 Å². The van der Waals surface area contributed by atoms with E-state index in [0.29, 0.717) is 6.04 Å². The standard InChI is InChI=1S/C19H22N4.2ClH.H2O/c1-2-4-15(5-3-1)14-23-10-8-17(9-11-23)21-18-6-7-19-16(12-18)13-20-22-19;;;/h1-7,12-13,17,21H,8-11,14H2,(H,20,22);2*1H;1H2. The van der Waals surface area contributed by atoms with Gasteiger partial charge in [-0.05, 0) is 36.6 Å². The highest BCUT2D eigenvalue weighted by molar-refractivity contribution is 5.85. The van der Waals surface area contributed by atoms with Gasteiger partial charge in [-0.25, -0.2) is 0 Å². The molecule has 26 heavy (non-hydrogen) atoms. The van der Waals surface area contributed by atoms with Crippen LogP contribution in [0.15, 0.2) is 54.7 Å². The summed E-state index contributed by atoms with van der Waals surface area (Å²) in [6.45, 7) is 3.37. The van der Waals surface area contributed by atoms with E-state index in [2.05, 4.69) is 68.9 Å². The maximum absolute atomic E-state index is 4.08. The third kappa shape index (κ3) is 5.35. The van der Waals surface area contributed by atoms with Crippen LogP contribution in [0.2, 0.25) is 0 Å². The average Bonchev–Trinajstić information content (AvgIpc) is 3.05. The lowest BCUT2D eigenvalue weighted by Gasteiger charge is -2.33. The van der Waals surface area contributed by atoms with Crippen LogP contribution in [0.5, 0.6) is 0 Å². The first-order valence-corrected chi connectivity index (χ1v) is 8.33. The zero-order valence-corrected chi connectivity index (χ0v) is 16.2. The van der Waals surface area contributed by atoms with E-state index in [4.69, 9.17) is 0 Å². The van der Waals surface area contributed by atoms with Crippen LogP contribution in [-0.4, -0.2) is 39.7 Å². The molecule has 1 fully saturated rings. The van der Waals surface area contributed by atoms with E-state index in [-0.39, 0.29) is 30.3 Å². The maximum Gasteiger partial charge on any atom is 0.0651 e. The smallest absolute Gasteiger partial charge is 0.0651 e. The van der Waals surface area contributed by atoms with Crippen LogP contribution in [0.25, 0.3) is 10.9 Å². The largest absolute Gasteiger partial charge is 0.412 e. The molecule has 0 bridgehead atoms. The molecule has 2 aromatic carbocycles. The molecule has 5 nitrogen and oxygen atoms in total. The molecular formula is C19H26Cl2N4O. The van der Waals surface area contributed by atoms with E-state index in [0.717, 1.165) is 30.5 Å². The number of rotatable bonds is 4. The molecule has 1 aliphatic heterocycles. The number of aromatic nitrogens is 2. The van der Waals surface area contributed by atoms with Gasteiger partial charge in [0.15, 0.2) is 0 Å². The predicted octanol–water partition coefficient (Wildman–Crippen LogP) is 3.66. The number of anilines is 1. The molecule has 1 aliphatic rings. The van der Waals surface area contributed by atoms with Crippen molar-refractivity contribution in [1.29, 1.82) is 0 Å². The number of piperidine rings is 1. The highest BCUT2D eigenvalue weighted by atomic mass is 35.5. The second-order valence-electron chi connectivity index (χ2n) is 6.35. The molecule has 1 saturated heterocycles. The molecule has 1 aromatic heterocycles. The number of benzene rings is 2. The topological polar surface area (TPSA) is 75.5 Å². The van der Waals surface area contributed by atoms with Gasteiger partial charge in [0.25, 0.3) is 0 Å². The highest BCUT2D eigenvalue weighted by Crippen LogP contribution is 2.21. The summed E-state index contributed by atoms with van der Waals surface area (Å²) in [5.74, 6) is 0. The summed E-state index contributed by atoms with van der Waals surface area (Å²) in [7, 11) is 0. The Morgan fingerprint density at radius 2 is 1.77 bits per heavy atom. The summed E-state index contributed by atoms with van der Waals surface area (Å²) in [5.41, 5.74) is 3.69. The molecule has 0 radical (unpaired) electrons. The predicted molar refractivity (Wildman–Crippen MR) is 113 cm³/mol. The van der Waals surface area contributed by atoms with Crippen molar-refractivity contribution in [1.82, 2.24) is 15.1 Å². The molecule has 4 N–H and O–H groups in total. The van der Waals surface area contributed by atoms with Crippen LogP contribution in [0.1, 0.15) is 18.4 Å². The fraction of sp³-hybridized carbons (Fsp3) is 0.316. The zero-order valence-electron chi connectivity index (χ0n) is 14.5. The number of halogens is 2. The summed E-state index contributed by atoms with van der Waals surface area (Å²) in [6, 6.07) is 17.7. The Morgan fingerprint density at radius 1 is 1.04 bits per heavy atom. The van der Waals surface area contributed by atoms with Crippen molar-refractivity contribution in [2.45, 2.75) is 25.4 Å². The van der Waals surface area contributed by atoms with Crippen LogP contribution in [0, 0.1) is 0 Å². The maximum atomic E-state index is 4.08. The van der Waals surface area contributed by atoms with E-state index >= 15 is 0 Å². The molecule has 0 aliphatic carbocycles. The Morgan fingerprint density at radius 3 is 2.50 bits per heavy atom. The summed E-state index contributed by atoms with van der Waals surface area (Å²) in [4.78, 5) is 2.55. The van der Waals surface area contributed by atoms with Crippen molar-refractivity contribution in [3.8, 4) is 0 Å². The molecule has 7 heteroatoms. The lowest BCUT2D eigenvalue weighted by Crippen LogP contribution is -2.38. The van der Waals surface area contributed by atoms with Gasteiger partial charge < -0.3 is 10.8 Å². The molecule has 0 amide bonds. The Kier molecular flexibility index (Phi) is 8.88. The zero-order chi connectivity index (χ0) is 15.5. The second kappa shape index (κ2) is 10.4. The minimum Gasteiger partial charge on any atom is -0.412 e. The van der Waals surface area contributed by atoms with Crippen molar-refractivity contribution in [3.63, 3.8) is 0 Å². The van der Waals surface area contributed by atoms with Gasteiger partial charge >= 0.3 is 0 Å². The summed E-state index contributed by atoms with van der Waals surface area (Å²) in [6.07, 6.45) is 4.26. The summed E-state index contributed by atoms with van der Waals surface area (Å²) >= 11 is 0. The van der Waals surface area contributed by atoms with Gasteiger partial charge in [0.1, 0.15) is 0 Å². The van der Waals surface area contributed by atoms with Crippen molar-refractivity contribution in [2.75, 3.05) is 18.4 Å². The Hall–Kier alpha value is -1.79. The Labute approximate surface area is 166 Å². The normalized spacial score (nSPS) is 14.8. The summed E-state index contributed by atoms with van der Waals surface area (Å²) in [5, 5.41) is 11.9. The highest BCUT2D eigenvalue weighted by Gasteiger charge is 2.19. The third-order valence-corrected chi connectivity index (χ3v) is 4.65. The molecule has 0 atom stereocenters. The number of hydrogen-bond donors (Lipinski definition) is 2. The van der Waals surface area contributed by atoms with Crippen LogP contribution < -0.4 is 5.32 Å². The van der Waals surface area contributed by atoms with Gasteiger partial charge in [0.05, 0.1) is 11.7 Å². The molecular weight excluding hydrogens is 371 g/mol. The van der Waals surface area contributed by atoms with Crippen molar-refractivity contribution < 1.29 is 5.48 Å². The lowest BCUT2D eigenvalue weighted by atomic mass is 10.0. The van der Waals surface area contributed by atoms with Gasteiger partial charge in [0, 0.05) is 36.7 Å². The van der Waals surface area contributed by atoms with E-state index in [1.165, 1.54) is 24.1 Å². The summed E-state index contributed by atoms with van der Waals surface area (Å²) < 4.78 is 0. The molecule has 2 heterocycles. The van der Waals surface area contributed by atoms with Gasteiger partial charge in [-0.1, -0.05) is 30.3 Å². The monoisotopic (exact) mass is 396 g/mol. The lowest BCUT2D eigenvalue weighted by molar-refractivity contribution is 0.211. The number of likely N-dealkylation sites (tertiary alicyclic amines) is 1. The van der Waals surface area contributed by atoms with E-state index < -0.39 is 0 Å². The number of H-pyrrole nitrogens is 1. The Bertz CT molecular complexity index is 773. The Balaban J connectivity index is 0.00000113. The van der Waals surface area contributed by atoms with Crippen molar-refractivity contribution in [2.24, 2.45) is 0 Å². The average molecular weight is 397 g/mol. The van der Waals surface area contributed by atoms with E-state index in [1.54, 1.807) is 0 Å². The third-order valence-electron chi connectivity index (χ3n) is 4.65. The van der Waals surface area contributed by atoms with Gasteiger partial charge in [-0.15, -0.1) is 24.8 Å². The quantitative estimate of drug-likeness (QED) is 0.706. The molecule has 4 rings (SSSR count). The van der Waals surface area contributed by atoms with Crippen molar-refractivity contribution >= 4 is 41.4 Å². The van der Waals surface area contributed by atoms with Crippen LogP contribution in [0.3, 0.4) is 0 Å². The minimum atomic E-state index is 0. The number of fused-ring (bicyclic) bond motifs is 1. The van der Waals surface area contributed by atoms with Crippen LogP contribution in [-0.2, 0) is 6.54 Å². The van der Waals surface area contributed by atoms with Crippen molar-refractivity contribution in [3.05, 3.63) is 60.3 Å². The molecule has 0 spiro atoms. The molecule has 0 unspecified atom stereocenters. The van der Waals surface area contributed by atoms with E-state index in [1.807, 2.05) is 6.20 Å². The van der Waals surface area contributed by atoms with Crippen LogP contribution >= 0.6 is 24.8 Å². The minimum absolute atomic E-state index is 0. The first-order valence-electron chi connectivity index (χ1n) is 8.33. The number of aromatic amines is 1. The van der Waals surface area contributed by atoms with Gasteiger partial charge in [-0.2, -0.15) is 5.10 Å². The molecule has 0 saturated carbocycles. The number of nitrogens with one attached hydrogen (secondary N) is 2. The van der Waals surface area contributed by atoms with Gasteiger partial charge in [0.2, 0.25) is 0 Å². The molecule has 142 valence electrons. The molecule has 3 aromatic rings. The van der Waals surface area contributed by atoms with Gasteiger partial charge in [-0.3, -0.25) is 10.00 Å². The fourth-order valence-corrected chi connectivity index (χ4v) is 3.35. The first-order chi connectivity index (χ1) is 11.4. The van der Waals surface area contributed by atoms with Crippen LogP contribution in [0.4, 0.5) is 5.69 Å². The first kappa shape index (κ1) is 22.3.